The highest BCUT2D eigenvalue weighted by atomic mass is 16.7. The van der Waals surface area contributed by atoms with Gasteiger partial charge >= 0.3 is 0 Å². The molecule has 1 amide bonds. The van der Waals surface area contributed by atoms with Gasteiger partial charge in [-0.3, -0.25) is 4.79 Å². The number of carbonyl (C=O) groups excluding carboxylic acids is 1. The number of nitrogens with two attached hydrogens (primary N) is 1. The maximum atomic E-state index is 12.5. The van der Waals surface area contributed by atoms with E-state index in [1.54, 1.807) is 30.3 Å². The van der Waals surface area contributed by atoms with Crippen LogP contribution in [-0.2, 0) is 0 Å². The van der Waals surface area contributed by atoms with E-state index in [2.05, 4.69) is 5.32 Å². The standard InChI is InChI=1S/C18H20N2O5/c1-10(2)25-14-5-4-11(6-15(14)22-3)18(21)20-13-8-17-16(7-12(13)19)23-9-24-17/h4-8,10H,9,19H2,1-3H3,(H,20,21). The van der Waals surface area contributed by atoms with Gasteiger partial charge in [-0.2, -0.15) is 0 Å². The molecule has 0 fully saturated rings. The van der Waals surface area contributed by atoms with Crippen LogP contribution in [0.2, 0.25) is 0 Å². The summed E-state index contributed by atoms with van der Waals surface area (Å²) in [5, 5.41) is 2.77. The molecule has 25 heavy (non-hydrogen) atoms. The highest BCUT2D eigenvalue weighted by Gasteiger charge is 2.18. The molecule has 1 heterocycles. The predicted molar refractivity (Wildman–Crippen MR) is 93.7 cm³/mol. The zero-order valence-electron chi connectivity index (χ0n) is 14.3. The van der Waals surface area contributed by atoms with Crippen LogP contribution in [0.1, 0.15) is 24.2 Å². The van der Waals surface area contributed by atoms with Crippen LogP contribution in [0, 0.1) is 0 Å². The van der Waals surface area contributed by atoms with Crippen molar-refractivity contribution in [1.82, 2.24) is 0 Å². The predicted octanol–water partition coefficient (Wildman–Crippen LogP) is 3.05. The number of carbonyl (C=O) groups is 1. The Hall–Kier alpha value is -3.09. The number of nitrogen functional groups attached to an aromatic ring is 1. The van der Waals surface area contributed by atoms with Gasteiger partial charge in [-0.25, -0.2) is 0 Å². The fourth-order valence-electron chi connectivity index (χ4n) is 2.42. The van der Waals surface area contributed by atoms with Crippen molar-refractivity contribution in [3.8, 4) is 23.0 Å². The number of methoxy groups -OCH3 is 1. The first-order chi connectivity index (χ1) is 12.0. The number of ether oxygens (including phenoxy) is 4. The van der Waals surface area contributed by atoms with Gasteiger partial charge in [0.15, 0.2) is 23.0 Å². The topological polar surface area (TPSA) is 92.0 Å². The summed E-state index contributed by atoms with van der Waals surface area (Å²) < 4.78 is 21.5. The first-order valence-corrected chi connectivity index (χ1v) is 7.83. The van der Waals surface area contributed by atoms with Crippen molar-refractivity contribution in [3.05, 3.63) is 35.9 Å². The second-order valence-corrected chi connectivity index (χ2v) is 5.78. The Kier molecular flexibility index (Phi) is 4.56. The van der Waals surface area contributed by atoms with Gasteiger partial charge in [0.25, 0.3) is 5.91 Å². The molecule has 0 aliphatic carbocycles. The molecule has 1 aliphatic rings. The lowest BCUT2D eigenvalue weighted by atomic mass is 10.1. The van der Waals surface area contributed by atoms with E-state index in [4.69, 9.17) is 24.7 Å². The van der Waals surface area contributed by atoms with E-state index in [9.17, 15) is 4.79 Å². The summed E-state index contributed by atoms with van der Waals surface area (Å²) in [7, 11) is 1.53. The average Bonchev–Trinajstić information content (AvgIpc) is 3.02. The minimum Gasteiger partial charge on any atom is -0.493 e. The van der Waals surface area contributed by atoms with Crippen LogP contribution in [0.25, 0.3) is 0 Å². The van der Waals surface area contributed by atoms with E-state index in [0.29, 0.717) is 39.9 Å². The Morgan fingerprint density at radius 3 is 2.56 bits per heavy atom. The van der Waals surface area contributed by atoms with Crippen molar-refractivity contribution in [2.24, 2.45) is 0 Å². The maximum Gasteiger partial charge on any atom is 0.255 e. The van der Waals surface area contributed by atoms with Crippen molar-refractivity contribution in [2.75, 3.05) is 25.0 Å². The molecule has 0 saturated heterocycles. The fourth-order valence-corrected chi connectivity index (χ4v) is 2.42. The van der Waals surface area contributed by atoms with Crippen molar-refractivity contribution in [3.63, 3.8) is 0 Å². The molecule has 0 bridgehead atoms. The SMILES string of the molecule is COc1cc(C(=O)Nc2cc3c(cc2N)OCO3)ccc1OC(C)C. The number of benzene rings is 2. The van der Waals surface area contributed by atoms with Crippen LogP contribution in [0.5, 0.6) is 23.0 Å². The quantitative estimate of drug-likeness (QED) is 0.810. The minimum atomic E-state index is -0.319. The van der Waals surface area contributed by atoms with Gasteiger partial charge in [-0.15, -0.1) is 0 Å². The molecule has 1 aliphatic heterocycles. The van der Waals surface area contributed by atoms with E-state index in [1.165, 1.54) is 7.11 Å². The van der Waals surface area contributed by atoms with Crippen molar-refractivity contribution >= 4 is 17.3 Å². The molecular formula is C18H20N2O5. The first kappa shape index (κ1) is 16.8. The van der Waals surface area contributed by atoms with Crippen LogP contribution in [0.3, 0.4) is 0 Å². The highest BCUT2D eigenvalue weighted by molar-refractivity contribution is 6.06. The van der Waals surface area contributed by atoms with Crippen LogP contribution in [0.4, 0.5) is 11.4 Å². The van der Waals surface area contributed by atoms with E-state index in [0.717, 1.165) is 0 Å². The largest absolute Gasteiger partial charge is 0.493 e. The smallest absolute Gasteiger partial charge is 0.255 e. The lowest BCUT2D eigenvalue weighted by Gasteiger charge is -2.15. The summed E-state index contributed by atoms with van der Waals surface area (Å²) in [5.41, 5.74) is 7.23. The van der Waals surface area contributed by atoms with Crippen LogP contribution in [-0.4, -0.2) is 25.9 Å². The normalized spacial score (nSPS) is 12.2. The number of rotatable bonds is 5. The zero-order chi connectivity index (χ0) is 18.0. The molecule has 2 aromatic carbocycles. The molecular weight excluding hydrogens is 324 g/mol. The molecule has 0 saturated carbocycles. The lowest BCUT2D eigenvalue weighted by Crippen LogP contribution is -2.14. The third-order valence-electron chi connectivity index (χ3n) is 3.58. The minimum absolute atomic E-state index is 0.00186. The van der Waals surface area contributed by atoms with Crippen molar-refractivity contribution in [1.29, 1.82) is 0 Å². The number of anilines is 2. The number of hydrogen-bond donors (Lipinski definition) is 2. The molecule has 3 N–H and O–H groups in total. The van der Waals surface area contributed by atoms with E-state index < -0.39 is 0 Å². The average molecular weight is 344 g/mol. The second kappa shape index (κ2) is 6.80. The molecule has 7 heteroatoms. The second-order valence-electron chi connectivity index (χ2n) is 5.78. The first-order valence-electron chi connectivity index (χ1n) is 7.83. The molecule has 7 nitrogen and oxygen atoms in total. The van der Waals surface area contributed by atoms with Crippen LogP contribution < -0.4 is 30.0 Å². The van der Waals surface area contributed by atoms with Gasteiger partial charge in [0, 0.05) is 17.7 Å². The summed E-state index contributed by atoms with van der Waals surface area (Å²) in [6, 6.07) is 8.26. The Morgan fingerprint density at radius 1 is 1.16 bits per heavy atom. The molecule has 2 aromatic rings. The Labute approximate surface area is 145 Å². The molecule has 0 spiro atoms. The van der Waals surface area contributed by atoms with Gasteiger partial charge in [0.05, 0.1) is 24.6 Å². The van der Waals surface area contributed by atoms with Gasteiger partial charge in [-0.1, -0.05) is 0 Å². The summed E-state index contributed by atoms with van der Waals surface area (Å²) in [5.74, 6) is 1.85. The fraction of sp³-hybridized carbons (Fsp3) is 0.278. The van der Waals surface area contributed by atoms with Gasteiger partial charge in [0.1, 0.15) is 0 Å². The number of fused-ring (bicyclic) bond motifs is 1. The third-order valence-corrected chi connectivity index (χ3v) is 3.58. The highest BCUT2D eigenvalue weighted by Crippen LogP contribution is 2.38. The molecule has 3 rings (SSSR count). The lowest BCUT2D eigenvalue weighted by molar-refractivity contribution is 0.102. The monoisotopic (exact) mass is 344 g/mol. The number of hydrogen-bond acceptors (Lipinski definition) is 6. The summed E-state index contributed by atoms with van der Waals surface area (Å²) in [4.78, 5) is 12.5. The van der Waals surface area contributed by atoms with Gasteiger partial charge in [-0.05, 0) is 32.0 Å². The van der Waals surface area contributed by atoms with E-state index in [-0.39, 0.29) is 18.8 Å². The molecule has 0 aromatic heterocycles. The zero-order valence-corrected chi connectivity index (χ0v) is 14.3. The summed E-state index contributed by atoms with van der Waals surface area (Å²) in [6.07, 6.45) is 0.00186. The van der Waals surface area contributed by atoms with Crippen LogP contribution >= 0.6 is 0 Å². The molecule has 0 atom stereocenters. The van der Waals surface area contributed by atoms with E-state index in [1.807, 2.05) is 13.8 Å². The third kappa shape index (κ3) is 3.55. The molecule has 0 unspecified atom stereocenters. The molecule has 132 valence electrons. The number of nitrogens with one attached hydrogen (secondary N) is 1. The van der Waals surface area contributed by atoms with Gasteiger partial charge in [0.2, 0.25) is 6.79 Å². The Morgan fingerprint density at radius 2 is 1.88 bits per heavy atom. The van der Waals surface area contributed by atoms with Crippen molar-refractivity contribution < 1.29 is 23.7 Å². The maximum absolute atomic E-state index is 12.5. The van der Waals surface area contributed by atoms with Gasteiger partial charge < -0.3 is 30.0 Å². The number of amides is 1. The summed E-state index contributed by atoms with van der Waals surface area (Å²) >= 11 is 0. The summed E-state index contributed by atoms with van der Waals surface area (Å²) in [6.45, 7) is 3.98. The Bertz CT molecular complexity index is 804. The molecule has 0 radical (unpaired) electrons. The van der Waals surface area contributed by atoms with Crippen molar-refractivity contribution in [2.45, 2.75) is 20.0 Å². The van der Waals surface area contributed by atoms with E-state index >= 15 is 0 Å². The Balaban J connectivity index is 1.82. The van der Waals surface area contributed by atoms with Crippen LogP contribution in [0.15, 0.2) is 30.3 Å².